The number of piperidine rings is 1. The molecule has 2 fully saturated rings. The van der Waals surface area contributed by atoms with Gasteiger partial charge in [0.25, 0.3) is 0 Å². The van der Waals surface area contributed by atoms with Gasteiger partial charge < -0.3 is 10.4 Å². The lowest BCUT2D eigenvalue weighted by Gasteiger charge is -2.37. The monoisotopic (exact) mass is 276 g/mol. The predicted octanol–water partition coefficient (Wildman–Crippen LogP) is 0.305. The van der Waals surface area contributed by atoms with Crippen LogP contribution in [0.2, 0.25) is 0 Å². The molecule has 1 aliphatic carbocycles. The van der Waals surface area contributed by atoms with E-state index in [0.29, 0.717) is 0 Å². The van der Waals surface area contributed by atoms with E-state index in [2.05, 4.69) is 5.32 Å². The second-order valence-electron chi connectivity index (χ2n) is 5.34. The van der Waals surface area contributed by atoms with E-state index >= 15 is 0 Å². The fourth-order valence-corrected chi connectivity index (χ4v) is 4.75. The quantitative estimate of drug-likeness (QED) is 0.732. The number of aliphatic hydroxyl groups excluding tert-OH is 1. The predicted molar refractivity (Wildman–Crippen MR) is 70.9 cm³/mol. The van der Waals surface area contributed by atoms with Crippen molar-refractivity contribution >= 4 is 10.0 Å². The van der Waals surface area contributed by atoms with Crippen LogP contribution in [0.5, 0.6) is 0 Å². The van der Waals surface area contributed by atoms with Crippen LogP contribution in [-0.2, 0) is 10.0 Å². The van der Waals surface area contributed by atoms with Crippen molar-refractivity contribution in [3.05, 3.63) is 0 Å². The maximum atomic E-state index is 12.4. The molecule has 18 heavy (non-hydrogen) atoms. The minimum absolute atomic E-state index is 0.0880. The summed E-state index contributed by atoms with van der Waals surface area (Å²) in [6.45, 7) is 1.08. The Balaban J connectivity index is 1.97. The van der Waals surface area contributed by atoms with Gasteiger partial charge in [0.15, 0.2) is 0 Å². The van der Waals surface area contributed by atoms with Gasteiger partial charge in [0.1, 0.15) is 0 Å². The second-order valence-corrected chi connectivity index (χ2v) is 7.31. The van der Waals surface area contributed by atoms with E-state index in [0.717, 1.165) is 45.1 Å². The number of rotatable bonds is 6. The van der Waals surface area contributed by atoms with Crippen molar-refractivity contribution in [1.29, 1.82) is 0 Å². The van der Waals surface area contributed by atoms with E-state index in [9.17, 15) is 8.42 Å². The molecule has 0 aromatic heterocycles. The van der Waals surface area contributed by atoms with Gasteiger partial charge in [0.2, 0.25) is 10.0 Å². The van der Waals surface area contributed by atoms with Crippen LogP contribution in [-0.4, -0.2) is 55.4 Å². The molecule has 2 N–H and O–H groups in total. The van der Waals surface area contributed by atoms with Crippen molar-refractivity contribution in [1.82, 2.24) is 9.62 Å². The Kier molecular flexibility index (Phi) is 5.00. The van der Waals surface area contributed by atoms with Crippen LogP contribution in [0.15, 0.2) is 0 Å². The number of hydrogen-bond donors (Lipinski definition) is 2. The van der Waals surface area contributed by atoms with Gasteiger partial charge in [-0.05, 0) is 32.2 Å². The summed E-state index contributed by atoms with van der Waals surface area (Å²) < 4.78 is 26.3. The SMILES string of the molecule is O=S(=O)(CC1CCCCN1)N(CCO)C1CCC1. The fraction of sp³-hybridized carbons (Fsp3) is 1.00. The first-order valence-electron chi connectivity index (χ1n) is 6.97. The fourth-order valence-electron chi connectivity index (χ4n) is 2.74. The Labute approximate surface area is 110 Å². The Hall–Kier alpha value is -0.170. The van der Waals surface area contributed by atoms with E-state index in [1.54, 1.807) is 0 Å². The summed E-state index contributed by atoms with van der Waals surface area (Å²) in [6, 6.07) is 0.218. The summed E-state index contributed by atoms with van der Waals surface area (Å²) in [6.07, 6.45) is 6.17. The Morgan fingerprint density at radius 3 is 2.44 bits per heavy atom. The summed E-state index contributed by atoms with van der Waals surface area (Å²) in [5.41, 5.74) is 0. The van der Waals surface area contributed by atoms with Gasteiger partial charge in [-0.2, -0.15) is 4.31 Å². The van der Waals surface area contributed by atoms with Crippen molar-refractivity contribution in [2.75, 3.05) is 25.4 Å². The van der Waals surface area contributed by atoms with Crippen molar-refractivity contribution in [2.24, 2.45) is 0 Å². The topological polar surface area (TPSA) is 69.6 Å². The molecule has 5 nitrogen and oxygen atoms in total. The van der Waals surface area contributed by atoms with Crippen LogP contribution in [0.1, 0.15) is 38.5 Å². The highest BCUT2D eigenvalue weighted by Gasteiger charge is 2.34. The normalized spacial score (nSPS) is 26.2. The molecular weight excluding hydrogens is 252 g/mol. The molecule has 1 saturated carbocycles. The molecule has 1 saturated heterocycles. The largest absolute Gasteiger partial charge is 0.395 e. The molecule has 0 amide bonds. The molecule has 0 aromatic carbocycles. The zero-order valence-electron chi connectivity index (χ0n) is 10.8. The molecule has 0 aromatic rings. The van der Waals surface area contributed by atoms with Gasteiger partial charge in [-0.1, -0.05) is 12.8 Å². The first-order valence-corrected chi connectivity index (χ1v) is 8.58. The summed E-state index contributed by atoms with van der Waals surface area (Å²) in [7, 11) is -3.23. The van der Waals surface area contributed by atoms with Crippen LogP contribution < -0.4 is 5.32 Å². The van der Waals surface area contributed by atoms with Gasteiger partial charge in [0, 0.05) is 18.6 Å². The minimum atomic E-state index is -3.23. The molecule has 1 heterocycles. The van der Waals surface area contributed by atoms with Crippen LogP contribution in [0, 0.1) is 0 Å². The van der Waals surface area contributed by atoms with E-state index in [1.165, 1.54) is 4.31 Å². The summed E-state index contributed by atoms with van der Waals surface area (Å²) in [5.74, 6) is 0.184. The van der Waals surface area contributed by atoms with E-state index in [1.807, 2.05) is 0 Å². The Morgan fingerprint density at radius 1 is 1.17 bits per heavy atom. The molecule has 1 aliphatic heterocycles. The average Bonchev–Trinajstić information content (AvgIpc) is 2.27. The lowest BCUT2D eigenvalue weighted by molar-refractivity contribution is 0.177. The highest BCUT2D eigenvalue weighted by molar-refractivity contribution is 7.89. The minimum Gasteiger partial charge on any atom is -0.395 e. The third-order valence-corrected chi connectivity index (χ3v) is 6.00. The van der Waals surface area contributed by atoms with Crippen molar-refractivity contribution < 1.29 is 13.5 Å². The van der Waals surface area contributed by atoms with Gasteiger partial charge in [0.05, 0.1) is 12.4 Å². The van der Waals surface area contributed by atoms with Crippen molar-refractivity contribution in [2.45, 2.75) is 50.6 Å². The Morgan fingerprint density at radius 2 is 1.94 bits per heavy atom. The molecule has 2 rings (SSSR count). The average molecular weight is 276 g/mol. The first-order chi connectivity index (χ1) is 8.63. The number of nitrogens with one attached hydrogen (secondary N) is 1. The molecule has 1 atom stereocenters. The number of sulfonamides is 1. The number of hydrogen-bond acceptors (Lipinski definition) is 4. The first kappa shape index (κ1) is 14.2. The molecule has 0 spiro atoms. The van der Waals surface area contributed by atoms with Crippen LogP contribution in [0.3, 0.4) is 0 Å². The third-order valence-electron chi connectivity index (χ3n) is 3.98. The van der Waals surface area contributed by atoms with E-state index in [-0.39, 0.29) is 31.0 Å². The van der Waals surface area contributed by atoms with Crippen LogP contribution in [0.4, 0.5) is 0 Å². The molecule has 1 unspecified atom stereocenters. The second kappa shape index (κ2) is 6.32. The third kappa shape index (κ3) is 3.44. The molecule has 106 valence electrons. The van der Waals surface area contributed by atoms with Crippen LogP contribution in [0.25, 0.3) is 0 Å². The zero-order valence-corrected chi connectivity index (χ0v) is 11.7. The van der Waals surface area contributed by atoms with Crippen LogP contribution >= 0.6 is 0 Å². The number of nitrogens with zero attached hydrogens (tertiary/aromatic N) is 1. The van der Waals surface area contributed by atoms with Crippen molar-refractivity contribution in [3.8, 4) is 0 Å². The summed E-state index contributed by atoms with van der Waals surface area (Å²) >= 11 is 0. The highest BCUT2D eigenvalue weighted by Crippen LogP contribution is 2.27. The standard InChI is InChI=1S/C12H24N2O3S/c15-9-8-14(12-5-3-6-12)18(16,17)10-11-4-1-2-7-13-11/h11-13,15H,1-10H2. The van der Waals surface area contributed by atoms with Crippen molar-refractivity contribution in [3.63, 3.8) is 0 Å². The molecular formula is C12H24N2O3S. The van der Waals surface area contributed by atoms with E-state index < -0.39 is 10.0 Å². The smallest absolute Gasteiger partial charge is 0.215 e. The van der Waals surface area contributed by atoms with E-state index in [4.69, 9.17) is 5.11 Å². The lowest BCUT2D eigenvalue weighted by Crippen LogP contribution is -2.50. The number of aliphatic hydroxyl groups is 1. The summed E-state index contributed by atoms with van der Waals surface area (Å²) in [5, 5.41) is 12.3. The van der Waals surface area contributed by atoms with Gasteiger partial charge in [-0.25, -0.2) is 8.42 Å². The maximum absolute atomic E-state index is 12.4. The van der Waals surface area contributed by atoms with Gasteiger partial charge in [-0.3, -0.25) is 0 Å². The molecule has 0 radical (unpaired) electrons. The molecule has 2 aliphatic rings. The van der Waals surface area contributed by atoms with Gasteiger partial charge >= 0.3 is 0 Å². The zero-order chi connectivity index (χ0) is 13.0. The lowest BCUT2D eigenvalue weighted by atomic mass is 9.93. The Bertz CT molecular complexity index is 348. The molecule has 0 bridgehead atoms. The maximum Gasteiger partial charge on any atom is 0.215 e. The van der Waals surface area contributed by atoms with Gasteiger partial charge in [-0.15, -0.1) is 0 Å². The highest BCUT2D eigenvalue weighted by atomic mass is 32.2. The molecule has 6 heteroatoms. The summed E-state index contributed by atoms with van der Waals surface area (Å²) in [4.78, 5) is 0.